The predicted molar refractivity (Wildman–Crippen MR) is 109 cm³/mol. The molecular formula is C22H26N4O3. The van der Waals surface area contributed by atoms with E-state index in [1.165, 1.54) is 16.7 Å². The lowest BCUT2D eigenvalue weighted by Gasteiger charge is -2.16. The van der Waals surface area contributed by atoms with E-state index in [4.69, 9.17) is 9.90 Å². The number of β-amino-alcohol motifs (C(OH)–C–C–N with tert-alkyl or cyclic N) is 1. The molecule has 3 heterocycles. The lowest BCUT2D eigenvalue weighted by molar-refractivity contribution is -0.122. The third-order valence-electron chi connectivity index (χ3n) is 5.06. The van der Waals surface area contributed by atoms with Crippen molar-refractivity contribution in [3.63, 3.8) is 0 Å². The van der Waals surface area contributed by atoms with Crippen molar-refractivity contribution in [2.45, 2.75) is 25.6 Å². The average molecular weight is 394 g/mol. The molecule has 7 heteroatoms. The Morgan fingerprint density at radius 2 is 1.62 bits per heavy atom. The monoisotopic (exact) mass is 394 g/mol. The van der Waals surface area contributed by atoms with Crippen LogP contribution in [0.4, 0.5) is 0 Å². The SMILES string of the molecule is O=CO.O[C@H]1CN(Cc2ccc(Cn3cccn3)cc2)C[C@H]1Cc1ccncc1. The van der Waals surface area contributed by atoms with Crippen LogP contribution in [0.5, 0.6) is 0 Å². The van der Waals surface area contributed by atoms with E-state index in [9.17, 15) is 5.11 Å². The fourth-order valence-corrected chi connectivity index (χ4v) is 3.68. The first-order chi connectivity index (χ1) is 14.2. The number of likely N-dealkylation sites (tertiary alicyclic amines) is 1. The Labute approximate surface area is 170 Å². The second kappa shape index (κ2) is 10.5. The largest absolute Gasteiger partial charge is 0.483 e. The van der Waals surface area contributed by atoms with Crippen molar-refractivity contribution in [2.75, 3.05) is 13.1 Å². The minimum atomic E-state index is -0.262. The summed E-state index contributed by atoms with van der Waals surface area (Å²) in [5.74, 6) is 0.288. The second-order valence-corrected chi connectivity index (χ2v) is 7.21. The Balaban J connectivity index is 0.000000755. The number of benzene rings is 1. The Bertz CT molecular complexity index is 854. The number of aliphatic hydroxyl groups is 1. The maximum Gasteiger partial charge on any atom is 0.290 e. The standard InChI is InChI=1S/C21H24N4O.CH2O2/c26-21-16-24(15-20(21)12-17-6-9-22-10-7-17)13-18-2-4-19(5-3-18)14-25-11-1-8-23-25;2-1-3/h1-11,20-21,26H,12-16H2;1H,(H,2,3)/t20-,21+;/m1./s1. The molecule has 2 aromatic heterocycles. The van der Waals surface area contributed by atoms with E-state index in [2.05, 4.69) is 39.2 Å². The van der Waals surface area contributed by atoms with Crippen molar-refractivity contribution in [1.29, 1.82) is 0 Å². The van der Waals surface area contributed by atoms with E-state index in [1.54, 1.807) is 6.20 Å². The number of nitrogens with zero attached hydrogens (tertiary/aromatic N) is 4. The number of carboxylic acid groups (broad SMARTS) is 1. The van der Waals surface area contributed by atoms with E-state index in [0.29, 0.717) is 0 Å². The van der Waals surface area contributed by atoms with Crippen LogP contribution >= 0.6 is 0 Å². The number of hydrogen-bond donors (Lipinski definition) is 2. The van der Waals surface area contributed by atoms with Crippen LogP contribution in [0.3, 0.4) is 0 Å². The molecule has 0 spiro atoms. The lowest BCUT2D eigenvalue weighted by atomic mass is 9.97. The predicted octanol–water partition coefficient (Wildman–Crippen LogP) is 2.06. The second-order valence-electron chi connectivity index (χ2n) is 7.21. The van der Waals surface area contributed by atoms with Crippen LogP contribution in [0.2, 0.25) is 0 Å². The zero-order chi connectivity index (χ0) is 20.5. The van der Waals surface area contributed by atoms with Gasteiger partial charge < -0.3 is 10.2 Å². The highest BCUT2D eigenvalue weighted by atomic mass is 16.3. The number of pyridine rings is 1. The van der Waals surface area contributed by atoms with Crippen LogP contribution in [0, 0.1) is 5.92 Å². The van der Waals surface area contributed by atoms with Gasteiger partial charge in [-0.3, -0.25) is 19.4 Å². The number of carbonyl (C=O) groups is 1. The number of rotatable bonds is 6. The molecule has 0 radical (unpaired) electrons. The topological polar surface area (TPSA) is 91.5 Å². The van der Waals surface area contributed by atoms with Crippen molar-refractivity contribution in [3.8, 4) is 0 Å². The van der Waals surface area contributed by atoms with Crippen molar-refractivity contribution in [1.82, 2.24) is 19.7 Å². The molecule has 7 nitrogen and oxygen atoms in total. The minimum absolute atomic E-state index is 0.250. The van der Waals surface area contributed by atoms with Gasteiger partial charge >= 0.3 is 0 Å². The van der Waals surface area contributed by atoms with Gasteiger partial charge in [-0.1, -0.05) is 24.3 Å². The van der Waals surface area contributed by atoms with Crippen molar-refractivity contribution >= 4 is 6.47 Å². The molecule has 4 rings (SSSR count). The third-order valence-corrected chi connectivity index (χ3v) is 5.06. The Hall–Kier alpha value is -3.03. The van der Waals surface area contributed by atoms with Crippen molar-refractivity contribution in [3.05, 3.63) is 83.9 Å². The van der Waals surface area contributed by atoms with Gasteiger partial charge in [-0.2, -0.15) is 5.10 Å². The fraction of sp³-hybridized carbons (Fsp3) is 0.318. The van der Waals surface area contributed by atoms with Gasteiger partial charge in [0.05, 0.1) is 12.6 Å². The van der Waals surface area contributed by atoms with Gasteiger partial charge in [-0.15, -0.1) is 0 Å². The van der Waals surface area contributed by atoms with E-state index in [-0.39, 0.29) is 18.5 Å². The summed E-state index contributed by atoms with van der Waals surface area (Å²) in [5, 5.41) is 21.6. The van der Waals surface area contributed by atoms with Gasteiger partial charge in [0.25, 0.3) is 6.47 Å². The van der Waals surface area contributed by atoms with Gasteiger partial charge in [-0.05, 0) is 41.3 Å². The summed E-state index contributed by atoms with van der Waals surface area (Å²) in [5.41, 5.74) is 3.77. The molecule has 1 fully saturated rings. The molecule has 1 aliphatic heterocycles. The van der Waals surface area contributed by atoms with Crippen molar-refractivity contribution < 1.29 is 15.0 Å². The summed E-state index contributed by atoms with van der Waals surface area (Å²) in [6.07, 6.45) is 8.06. The molecule has 0 amide bonds. The molecule has 0 saturated carbocycles. The lowest BCUT2D eigenvalue weighted by Crippen LogP contribution is -2.21. The molecule has 1 saturated heterocycles. The van der Waals surface area contributed by atoms with E-state index in [1.807, 2.05) is 41.5 Å². The highest BCUT2D eigenvalue weighted by molar-refractivity contribution is 5.32. The smallest absolute Gasteiger partial charge is 0.290 e. The Morgan fingerprint density at radius 1 is 0.966 bits per heavy atom. The highest BCUT2D eigenvalue weighted by Crippen LogP contribution is 2.23. The molecule has 0 bridgehead atoms. The molecule has 2 N–H and O–H groups in total. The number of aliphatic hydroxyl groups excluding tert-OH is 1. The van der Waals surface area contributed by atoms with Gasteiger partial charge in [-0.25, -0.2) is 0 Å². The Morgan fingerprint density at radius 3 is 2.24 bits per heavy atom. The maximum absolute atomic E-state index is 10.4. The van der Waals surface area contributed by atoms with Crippen LogP contribution < -0.4 is 0 Å². The summed E-state index contributed by atoms with van der Waals surface area (Å²) in [7, 11) is 0. The quantitative estimate of drug-likeness (QED) is 0.622. The first-order valence-electron chi connectivity index (χ1n) is 9.60. The maximum atomic E-state index is 10.4. The summed E-state index contributed by atoms with van der Waals surface area (Å²) in [4.78, 5) is 14.8. The molecule has 152 valence electrons. The highest BCUT2D eigenvalue weighted by Gasteiger charge is 2.31. The summed E-state index contributed by atoms with van der Waals surface area (Å²) in [6.45, 7) is 3.10. The van der Waals surface area contributed by atoms with Crippen LogP contribution in [0.25, 0.3) is 0 Å². The molecule has 0 aliphatic carbocycles. The van der Waals surface area contributed by atoms with Crippen molar-refractivity contribution in [2.24, 2.45) is 5.92 Å². The van der Waals surface area contributed by atoms with Crippen LogP contribution in [-0.4, -0.2) is 55.5 Å². The minimum Gasteiger partial charge on any atom is -0.483 e. The third kappa shape index (κ3) is 6.23. The fourth-order valence-electron chi connectivity index (χ4n) is 3.68. The van der Waals surface area contributed by atoms with Gasteiger partial charge in [0, 0.05) is 50.3 Å². The molecule has 0 unspecified atom stereocenters. The summed E-state index contributed by atoms with van der Waals surface area (Å²) >= 11 is 0. The van der Waals surface area contributed by atoms with Crippen LogP contribution in [-0.2, 0) is 24.3 Å². The first-order valence-corrected chi connectivity index (χ1v) is 9.60. The summed E-state index contributed by atoms with van der Waals surface area (Å²) < 4.78 is 1.93. The molecule has 2 atom stereocenters. The number of hydrogen-bond acceptors (Lipinski definition) is 5. The van der Waals surface area contributed by atoms with E-state index < -0.39 is 0 Å². The molecule has 1 aliphatic rings. The zero-order valence-corrected chi connectivity index (χ0v) is 16.2. The van der Waals surface area contributed by atoms with E-state index >= 15 is 0 Å². The molecule has 3 aromatic rings. The number of aromatic nitrogens is 3. The average Bonchev–Trinajstić information content (AvgIpc) is 3.35. The summed E-state index contributed by atoms with van der Waals surface area (Å²) in [6, 6.07) is 14.7. The molecule has 1 aromatic carbocycles. The van der Waals surface area contributed by atoms with Gasteiger partial charge in [0.1, 0.15) is 0 Å². The normalized spacial score (nSPS) is 18.8. The van der Waals surface area contributed by atoms with Gasteiger partial charge in [0.15, 0.2) is 0 Å². The molecular weight excluding hydrogens is 368 g/mol. The zero-order valence-electron chi connectivity index (χ0n) is 16.2. The first kappa shape index (κ1) is 20.7. The van der Waals surface area contributed by atoms with Gasteiger partial charge in [0.2, 0.25) is 0 Å². The van der Waals surface area contributed by atoms with Crippen LogP contribution in [0.15, 0.2) is 67.3 Å². The molecule has 29 heavy (non-hydrogen) atoms. The Kier molecular flexibility index (Phi) is 7.49. The van der Waals surface area contributed by atoms with E-state index in [0.717, 1.165) is 32.6 Å². The van der Waals surface area contributed by atoms with Crippen LogP contribution in [0.1, 0.15) is 16.7 Å².